The van der Waals surface area contributed by atoms with Crippen LogP contribution in [0.2, 0.25) is 0 Å². The maximum atomic E-state index is 13.4. The van der Waals surface area contributed by atoms with Crippen molar-refractivity contribution >= 4 is 5.91 Å². The van der Waals surface area contributed by atoms with Crippen LogP contribution in [0.5, 0.6) is 0 Å². The molecule has 0 aromatic heterocycles. The van der Waals surface area contributed by atoms with Gasteiger partial charge in [0, 0.05) is 12.6 Å². The first-order valence-corrected chi connectivity index (χ1v) is 6.95. The summed E-state index contributed by atoms with van der Waals surface area (Å²) in [5.41, 5.74) is 0.457. The number of amides is 1. The van der Waals surface area contributed by atoms with Gasteiger partial charge in [0.2, 0.25) is 5.91 Å². The zero-order chi connectivity index (χ0) is 13.7. The Kier molecular flexibility index (Phi) is 4.91. The molecule has 0 aliphatic carbocycles. The highest BCUT2D eigenvalue weighted by molar-refractivity contribution is 5.78. The number of halogens is 1. The summed E-state index contributed by atoms with van der Waals surface area (Å²) in [7, 11) is 0. The van der Waals surface area contributed by atoms with E-state index in [0.717, 1.165) is 19.5 Å². The molecule has 1 amide bonds. The van der Waals surface area contributed by atoms with Gasteiger partial charge in [-0.15, -0.1) is 0 Å². The highest BCUT2D eigenvalue weighted by Crippen LogP contribution is 2.15. The lowest BCUT2D eigenvalue weighted by molar-refractivity contribution is -0.120. The third-order valence-corrected chi connectivity index (χ3v) is 3.75. The number of nitrogens with zero attached hydrogens (tertiary/aromatic N) is 1. The van der Waals surface area contributed by atoms with Crippen LogP contribution in [0.25, 0.3) is 0 Å². The zero-order valence-electron chi connectivity index (χ0n) is 11.4. The summed E-state index contributed by atoms with van der Waals surface area (Å²) in [5.74, 6) is -0.415. The topological polar surface area (TPSA) is 32.3 Å². The first-order chi connectivity index (χ1) is 9.20. The van der Waals surface area contributed by atoms with Crippen LogP contribution in [-0.2, 0) is 11.2 Å². The summed E-state index contributed by atoms with van der Waals surface area (Å²) in [4.78, 5) is 14.2. The smallest absolute Gasteiger partial charge is 0.224 e. The number of benzene rings is 1. The van der Waals surface area contributed by atoms with Crippen LogP contribution in [0.3, 0.4) is 0 Å². The molecule has 3 nitrogen and oxygen atoms in total. The Hall–Kier alpha value is -1.42. The maximum absolute atomic E-state index is 13.4. The Balaban J connectivity index is 1.80. The number of likely N-dealkylation sites (N-methyl/N-ethyl adjacent to an activating group) is 1. The summed E-state index contributed by atoms with van der Waals surface area (Å²) in [6.07, 6.45) is 2.45. The van der Waals surface area contributed by atoms with E-state index in [1.807, 2.05) is 0 Å². The van der Waals surface area contributed by atoms with Gasteiger partial charge in [0.05, 0.1) is 6.42 Å². The molecule has 1 N–H and O–H groups in total. The molecule has 19 heavy (non-hydrogen) atoms. The van der Waals surface area contributed by atoms with Gasteiger partial charge in [-0.3, -0.25) is 9.69 Å². The van der Waals surface area contributed by atoms with Crippen molar-refractivity contribution in [2.75, 3.05) is 19.6 Å². The van der Waals surface area contributed by atoms with Crippen molar-refractivity contribution in [2.45, 2.75) is 32.2 Å². The van der Waals surface area contributed by atoms with Gasteiger partial charge < -0.3 is 5.32 Å². The highest BCUT2D eigenvalue weighted by atomic mass is 19.1. The summed E-state index contributed by atoms with van der Waals surface area (Å²) in [6, 6.07) is 6.87. The number of rotatable bonds is 5. The molecule has 1 atom stereocenters. The van der Waals surface area contributed by atoms with E-state index in [4.69, 9.17) is 0 Å². The Bertz CT molecular complexity index is 436. The average molecular weight is 264 g/mol. The van der Waals surface area contributed by atoms with Crippen molar-refractivity contribution in [2.24, 2.45) is 0 Å². The molecule has 1 aromatic carbocycles. The molecule has 4 heteroatoms. The normalized spacial score (nSPS) is 19.6. The molecule has 104 valence electrons. The molecule has 1 saturated heterocycles. The molecule has 1 aromatic rings. The van der Waals surface area contributed by atoms with Crippen molar-refractivity contribution < 1.29 is 9.18 Å². The zero-order valence-corrected chi connectivity index (χ0v) is 11.4. The van der Waals surface area contributed by atoms with Gasteiger partial charge in [0.15, 0.2) is 0 Å². The summed E-state index contributed by atoms with van der Waals surface area (Å²) >= 11 is 0. The van der Waals surface area contributed by atoms with E-state index < -0.39 is 0 Å². The van der Waals surface area contributed by atoms with E-state index in [-0.39, 0.29) is 18.1 Å². The van der Waals surface area contributed by atoms with Crippen LogP contribution in [0.4, 0.5) is 4.39 Å². The average Bonchev–Trinajstić information content (AvgIpc) is 2.86. The van der Waals surface area contributed by atoms with E-state index in [1.54, 1.807) is 18.2 Å². The van der Waals surface area contributed by atoms with E-state index in [1.165, 1.54) is 12.5 Å². The van der Waals surface area contributed by atoms with E-state index in [9.17, 15) is 9.18 Å². The van der Waals surface area contributed by atoms with Crippen molar-refractivity contribution in [1.82, 2.24) is 10.2 Å². The number of nitrogens with one attached hydrogen (secondary N) is 1. The second-order valence-corrected chi connectivity index (χ2v) is 5.00. The van der Waals surface area contributed by atoms with E-state index in [2.05, 4.69) is 17.1 Å². The molecule has 0 bridgehead atoms. The van der Waals surface area contributed by atoms with Crippen LogP contribution in [0.15, 0.2) is 24.3 Å². The molecule has 2 rings (SSSR count). The van der Waals surface area contributed by atoms with Crippen LogP contribution in [0.1, 0.15) is 25.3 Å². The molecule has 0 saturated carbocycles. The van der Waals surface area contributed by atoms with Crippen LogP contribution < -0.4 is 5.32 Å². The molecular weight excluding hydrogens is 243 g/mol. The van der Waals surface area contributed by atoms with Crippen molar-refractivity contribution in [3.63, 3.8) is 0 Å². The quantitative estimate of drug-likeness (QED) is 0.882. The Morgan fingerprint density at radius 3 is 3.00 bits per heavy atom. The molecule has 1 aliphatic heterocycles. The standard InChI is InChI=1S/C15H21FN2O/c1-2-18-9-5-7-13(18)11-17-15(19)10-12-6-3-4-8-14(12)16/h3-4,6,8,13H,2,5,7,9-11H2,1H3,(H,17,19). The SMILES string of the molecule is CCN1CCCC1CNC(=O)Cc1ccccc1F. The first kappa shape index (κ1) is 14.0. The fourth-order valence-electron chi connectivity index (χ4n) is 2.65. The summed E-state index contributed by atoms with van der Waals surface area (Å²) in [5, 5.41) is 2.92. The lowest BCUT2D eigenvalue weighted by Crippen LogP contribution is -2.40. The van der Waals surface area contributed by atoms with Crippen molar-refractivity contribution in [3.8, 4) is 0 Å². The molecule has 0 radical (unpaired) electrons. The summed E-state index contributed by atoms with van der Waals surface area (Å²) in [6.45, 7) is 4.94. The van der Waals surface area contributed by atoms with Crippen LogP contribution in [0, 0.1) is 5.82 Å². The van der Waals surface area contributed by atoms with Gasteiger partial charge in [0.1, 0.15) is 5.82 Å². The summed E-state index contributed by atoms with van der Waals surface area (Å²) < 4.78 is 13.4. The lowest BCUT2D eigenvalue weighted by atomic mass is 10.1. The molecule has 0 spiro atoms. The Morgan fingerprint density at radius 2 is 2.26 bits per heavy atom. The van der Waals surface area contributed by atoms with E-state index >= 15 is 0 Å². The number of hydrogen-bond donors (Lipinski definition) is 1. The first-order valence-electron chi connectivity index (χ1n) is 6.95. The predicted octanol–water partition coefficient (Wildman–Crippen LogP) is 1.97. The molecule has 1 fully saturated rings. The number of carbonyl (C=O) groups is 1. The van der Waals surface area contributed by atoms with Crippen molar-refractivity contribution in [1.29, 1.82) is 0 Å². The molecule has 1 unspecified atom stereocenters. The fourth-order valence-corrected chi connectivity index (χ4v) is 2.65. The van der Waals surface area contributed by atoms with Gasteiger partial charge in [-0.1, -0.05) is 25.1 Å². The second-order valence-electron chi connectivity index (χ2n) is 5.00. The second kappa shape index (κ2) is 6.66. The highest BCUT2D eigenvalue weighted by Gasteiger charge is 2.23. The van der Waals surface area contributed by atoms with Crippen LogP contribution in [-0.4, -0.2) is 36.5 Å². The fraction of sp³-hybridized carbons (Fsp3) is 0.533. The van der Waals surface area contributed by atoms with Gasteiger partial charge in [-0.25, -0.2) is 4.39 Å². The minimum absolute atomic E-state index is 0.104. The Morgan fingerprint density at radius 1 is 1.47 bits per heavy atom. The lowest BCUT2D eigenvalue weighted by Gasteiger charge is -2.22. The maximum Gasteiger partial charge on any atom is 0.224 e. The number of carbonyl (C=O) groups excluding carboxylic acids is 1. The predicted molar refractivity (Wildman–Crippen MR) is 73.4 cm³/mol. The number of hydrogen-bond acceptors (Lipinski definition) is 2. The largest absolute Gasteiger partial charge is 0.354 e. The minimum atomic E-state index is -0.311. The van der Waals surface area contributed by atoms with Gasteiger partial charge in [-0.2, -0.15) is 0 Å². The molecule has 1 heterocycles. The molecule has 1 aliphatic rings. The van der Waals surface area contributed by atoms with Crippen LogP contribution >= 0.6 is 0 Å². The third kappa shape index (κ3) is 3.77. The Labute approximate surface area is 113 Å². The van der Waals surface area contributed by atoms with E-state index in [0.29, 0.717) is 18.2 Å². The third-order valence-electron chi connectivity index (χ3n) is 3.75. The van der Waals surface area contributed by atoms with Gasteiger partial charge in [0.25, 0.3) is 0 Å². The van der Waals surface area contributed by atoms with Gasteiger partial charge >= 0.3 is 0 Å². The monoisotopic (exact) mass is 264 g/mol. The van der Waals surface area contributed by atoms with Crippen molar-refractivity contribution in [3.05, 3.63) is 35.6 Å². The van der Waals surface area contributed by atoms with Gasteiger partial charge in [-0.05, 0) is 37.6 Å². The molecular formula is C15H21FN2O. The minimum Gasteiger partial charge on any atom is -0.354 e. The number of likely N-dealkylation sites (tertiary alicyclic amines) is 1.